The Morgan fingerprint density at radius 1 is 1.32 bits per heavy atom. The van der Waals surface area contributed by atoms with E-state index in [0.717, 1.165) is 5.56 Å². The van der Waals surface area contributed by atoms with E-state index in [1.807, 2.05) is 13.0 Å². The Morgan fingerprint density at radius 2 is 2.12 bits per heavy atom. The van der Waals surface area contributed by atoms with Gasteiger partial charge in [-0.1, -0.05) is 41.0 Å². The van der Waals surface area contributed by atoms with Crippen molar-refractivity contribution < 1.29 is 4.79 Å². The molecule has 2 heterocycles. The van der Waals surface area contributed by atoms with E-state index in [9.17, 15) is 4.79 Å². The second-order valence-electron chi connectivity index (χ2n) is 5.41. The first-order valence-electron chi connectivity index (χ1n) is 7.53. The molecule has 130 valence electrons. The molecule has 0 saturated carbocycles. The smallest absolute Gasteiger partial charge is 0.253 e. The Morgan fingerprint density at radius 3 is 2.84 bits per heavy atom. The van der Waals surface area contributed by atoms with Crippen molar-refractivity contribution in [1.29, 1.82) is 0 Å². The van der Waals surface area contributed by atoms with Crippen LogP contribution in [-0.2, 0) is 4.79 Å². The topological polar surface area (TPSA) is 72.2 Å². The average molecular weight is 396 g/mol. The third kappa shape index (κ3) is 4.23. The van der Waals surface area contributed by atoms with Crippen LogP contribution in [0.3, 0.4) is 0 Å². The van der Waals surface area contributed by atoms with Crippen molar-refractivity contribution in [1.82, 2.24) is 24.9 Å². The minimum Gasteiger partial charge on any atom is -0.349 e. The Bertz CT molecular complexity index is 883. The third-order valence-electron chi connectivity index (χ3n) is 3.54. The Hall–Kier alpha value is -1.83. The fourth-order valence-corrected chi connectivity index (χ4v) is 3.57. The lowest BCUT2D eigenvalue weighted by atomic mass is 10.1. The van der Waals surface area contributed by atoms with Gasteiger partial charge in [-0.25, -0.2) is 9.50 Å². The fraction of sp³-hybridized carbons (Fsp3) is 0.250. The summed E-state index contributed by atoms with van der Waals surface area (Å²) < 4.78 is 1.57. The molecule has 2 aromatic heterocycles. The minimum atomic E-state index is -0.370. The van der Waals surface area contributed by atoms with E-state index in [2.05, 4.69) is 20.4 Å². The second kappa shape index (κ2) is 7.59. The predicted molar refractivity (Wildman–Crippen MR) is 99.1 cm³/mol. The zero-order valence-corrected chi connectivity index (χ0v) is 15.8. The van der Waals surface area contributed by atoms with Crippen molar-refractivity contribution in [2.75, 3.05) is 0 Å². The number of rotatable bonds is 5. The van der Waals surface area contributed by atoms with E-state index in [4.69, 9.17) is 23.2 Å². The van der Waals surface area contributed by atoms with Crippen molar-refractivity contribution in [2.24, 2.45) is 0 Å². The van der Waals surface area contributed by atoms with Gasteiger partial charge in [0.1, 0.15) is 0 Å². The van der Waals surface area contributed by atoms with Crippen LogP contribution in [0.5, 0.6) is 0 Å². The minimum absolute atomic E-state index is 0.129. The molecular formula is C16H15Cl2N5OS. The first-order valence-corrected chi connectivity index (χ1v) is 9.17. The van der Waals surface area contributed by atoms with Crippen molar-refractivity contribution in [3.8, 4) is 0 Å². The summed E-state index contributed by atoms with van der Waals surface area (Å²) in [4.78, 5) is 20.8. The number of fused-ring (bicyclic) bond motifs is 1. The van der Waals surface area contributed by atoms with Crippen LogP contribution in [-0.4, -0.2) is 30.7 Å². The molecule has 2 atom stereocenters. The van der Waals surface area contributed by atoms with Gasteiger partial charge >= 0.3 is 0 Å². The number of benzene rings is 1. The monoisotopic (exact) mass is 395 g/mol. The summed E-state index contributed by atoms with van der Waals surface area (Å²) in [6.45, 7) is 3.67. The van der Waals surface area contributed by atoms with Crippen LogP contribution in [0.25, 0.3) is 5.78 Å². The lowest BCUT2D eigenvalue weighted by molar-refractivity contribution is -0.120. The summed E-state index contributed by atoms with van der Waals surface area (Å²) in [6, 6.07) is 6.74. The second-order valence-corrected chi connectivity index (χ2v) is 7.57. The van der Waals surface area contributed by atoms with Crippen LogP contribution in [0, 0.1) is 0 Å². The normalized spacial score (nSPS) is 13.6. The number of amides is 1. The summed E-state index contributed by atoms with van der Waals surface area (Å²) in [6.07, 6.45) is 3.40. The van der Waals surface area contributed by atoms with Gasteiger partial charge in [0, 0.05) is 22.4 Å². The molecule has 0 aliphatic rings. The highest BCUT2D eigenvalue weighted by molar-refractivity contribution is 8.00. The van der Waals surface area contributed by atoms with Crippen LogP contribution < -0.4 is 5.32 Å². The van der Waals surface area contributed by atoms with Gasteiger partial charge in [-0.15, -0.1) is 5.10 Å². The summed E-state index contributed by atoms with van der Waals surface area (Å²) in [5, 5.41) is 8.44. The molecule has 6 nitrogen and oxygen atoms in total. The third-order valence-corrected chi connectivity index (χ3v) is 5.05. The number of aromatic nitrogens is 4. The maximum Gasteiger partial charge on any atom is 0.253 e. The predicted octanol–water partition coefficient (Wildman–Crippen LogP) is 3.79. The molecule has 0 spiro atoms. The highest BCUT2D eigenvalue weighted by Crippen LogP contribution is 2.27. The number of thioether (sulfide) groups is 1. The molecule has 0 aliphatic carbocycles. The van der Waals surface area contributed by atoms with Crippen LogP contribution >= 0.6 is 35.0 Å². The largest absolute Gasteiger partial charge is 0.349 e. The summed E-state index contributed by atoms with van der Waals surface area (Å²) >= 11 is 13.4. The number of halogens is 2. The van der Waals surface area contributed by atoms with E-state index in [-0.39, 0.29) is 17.2 Å². The van der Waals surface area contributed by atoms with Crippen molar-refractivity contribution >= 4 is 46.6 Å². The first kappa shape index (κ1) is 18.0. The Kier molecular flexibility index (Phi) is 5.46. The van der Waals surface area contributed by atoms with Crippen molar-refractivity contribution in [2.45, 2.75) is 30.3 Å². The lowest BCUT2D eigenvalue weighted by Gasteiger charge is -2.18. The number of carbonyl (C=O) groups is 1. The summed E-state index contributed by atoms with van der Waals surface area (Å²) in [5.41, 5.74) is 0.812. The molecule has 0 radical (unpaired) electrons. The molecule has 0 aliphatic heterocycles. The molecule has 3 rings (SSSR count). The first-order chi connectivity index (χ1) is 11.9. The van der Waals surface area contributed by atoms with Gasteiger partial charge in [-0.3, -0.25) is 4.79 Å². The zero-order valence-electron chi connectivity index (χ0n) is 13.5. The Labute approximate surface area is 158 Å². The van der Waals surface area contributed by atoms with E-state index in [1.165, 1.54) is 11.8 Å². The van der Waals surface area contributed by atoms with E-state index >= 15 is 0 Å². The molecule has 0 unspecified atom stereocenters. The van der Waals surface area contributed by atoms with Gasteiger partial charge in [0.25, 0.3) is 5.78 Å². The number of hydrogen-bond acceptors (Lipinski definition) is 5. The molecular weight excluding hydrogens is 381 g/mol. The molecule has 9 heteroatoms. The zero-order chi connectivity index (χ0) is 18.0. The fourth-order valence-electron chi connectivity index (χ4n) is 2.24. The molecule has 1 amide bonds. The highest BCUT2D eigenvalue weighted by atomic mass is 35.5. The van der Waals surface area contributed by atoms with Gasteiger partial charge in [0.15, 0.2) is 0 Å². The molecule has 0 bridgehead atoms. The van der Waals surface area contributed by atoms with Crippen molar-refractivity contribution in [3.63, 3.8) is 0 Å². The lowest BCUT2D eigenvalue weighted by Crippen LogP contribution is -2.33. The maximum atomic E-state index is 12.4. The van der Waals surface area contributed by atoms with Crippen LogP contribution in [0.4, 0.5) is 0 Å². The molecule has 0 fully saturated rings. The molecule has 1 aromatic carbocycles. The van der Waals surface area contributed by atoms with Crippen LogP contribution in [0.15, 0.2) is 41.8 Å². The highest BCUT2D eigenvalue weighted by Gasteiger charge is 2.20. The quantitative estimate of drug-likeness (QED) is 0.665. The number of carbonyl (C=O) groups excluding carboxylic acids is 1. The number of hydrogen-bond donors (Lipinski definition) is 1. The molecule has 3 aromatic rings. The van der Waals surface area contributed by atoms with Gasteiger partial charge in [-0.2, -0.15) is 4.98 Å². The summed E-state index contributed by atoms with van der Waals surface area (Å²) in [5.74, 6) is 0.370. The van der Waals surface area contributed by atoms with Crippen LogP contribution in [0.2, 0.25) is 10.0 Å². The van der Waals surface area contributed by atoms with Crippen molar-refractivity contribution in [3.05, 3.63) is 52.3 Å². The van der Waals surface area contributed by atoms with Gasteiger partial charge in [-0.05, 0) is 37.6 Å². The summed E-state index contributed by atoms with van der Waals surface area (Å²) in [7, 11) is 0. The van der Waals surface area contributed by atoms with E-state index < -0.39 is 0 Å². The number of nitrogens with zero attached hydrogens (tertiary/aromatic N) is 4. The van der Waals surface area contributed by atoms with Gasteiger partial charge < -0.3 is 5.32 Å². The molecule has 0 saturated heterocycles. The van der Waals surface area contributed by atoms with E-state index in [0.29, 0.717) is 21.0 Å². The van der Waals surface area contributed by atoms with Gasteiger partial charge in [0.05, 0.1) is 11.3 Å². The standard InChI is InChI=1S/C16H15Cl2N5OS/c1-9(12-5-4-11(17)8-13(12)18)20-14(24)10(2)25-16-21-15-19-6-3-7-23(15)22-16/h3-10H,1-2H3,(H,20,24)/t9-,10-/m1/s1. The maximum absolute atomic E-state index is 12.4. The molecule has 1 N–H and O–H groups in total. The van der Waals surface area contributed by atoms with E-state index in [1.54, 1.807) is 42.0 Å². The number of nitrogens with one attached hydrogen (secondary N) is 1. The Balaban J connectivity index is 1.65. The SMILES string of the molecule is C[C@@H](Sc1nc2ncccn2n1)C(=O)N[C@H](C)c1ccc(Cl)cc1Cl. The van der Waals surface area contributed by atoms with Gasteiger partial charge in [0.2, 0.25) is 11.1 Å². The van der Waals surface area contributed by atoms with Crippen LogP contribution in [0.1, 0.15) is 25.5 Å². The molecule has 25 heavy (non-hydrogen) atoms. The average Bonchev–Trinajstić information content (AvgIpc) is 2.96.